The Labute approximate surface area is 139 Å². The summed E-state index contributed by atoms with van der Waals surface area (Å²) in [6.07, 6.45) is 0. The van der Waals surface area contributed by atoms with Crippen LogP contribution in [0.3, 0.4) is 0 Å². The van der Waals surface area contributed by atoms with Crippen molar-refractivity contribution >= 4 is 43.4 Å². The van der Waals surface area contributed by atoms with Crippen molar-refractivity contribution in [3.8, 4) is 17.1 Å². The van der Waals surface area contributed by atoms with E-state index in [9.17, 15) is 10.0 Å². The first-order chi connectivity index (χ1) is 11.1. The van der Waals surface area contributed by atoms with Crippen molar-refractivity contribution in [3.05, 3.63) is 51.8 Å². The van der Waals surface area contributed by atoms with E-state index in [1.807, 2.05) is 42.5 Å². The largest absolute Gasteiger partial charge is 0.494 e. The number of fused-ring (bicyclic) bond motifs is 2. The Kier molecular flexibility index (Phi) is 3.02. The van der Waals surface area contributed by atoms with Gasteiger partial charge in [-0.25, -0.2) is 0 Å². The van der Waals surface area contributed by atoms with Crippen LogP contribution in [0.4, 0.5) is 5.69 Å². The number of aromatic hydroxyl groups is 1. The molecule has 4 aromatic rings. The number of rotatable bonds is 2. The zero-order valence-electron chi connectivity index (χ0n) is 12.2. The van der Waals surface area contributed by atoms with Gasteiger partial charge in [0.1, 0.15) is 5.69 Å². The lowest BCUT2D eigenvalue weighted by atomic mass is 10.1. The fourth-order valence-corrected chi connectivity index (χ4v) is 3.39. The average Bonchev–Trinajstić information content (AvgIpc) is 3.03. The standard InChI is InChI=1S/C17H12BrN3O2/c1-21-13-8-9(18)6-7-11(13)14(17(21)22)16-15(20-23)10-4-2-3-5-12(10)19-16/h2-8,19,22H,1H3. The minimum Gasteiger partial charge on any atom is -0.494 e. The number of aromatic amines is 1. The Balaban J connectivity index is 2.15. The van der Waals surface area contributed by atoms with Crippen LogP contribution in [0.1, 0.15) is 0 Å². The highest BCUT2D eigenvalue weighted by atomic mass is 79.9. The third-order valence-corrected chi connectivity index (χ3v) is 4.64. The number of aryl methyl sites for hydroxylation is 1. The summed E-state index contributed by atoms with van der Waals surface area (Å²) in [4.78, 5) is 14.6. The van der Waals surface area contributed by atoms with Crippen molar-refractivity contribution in [2.45, 2.75) is 0 Å². The van der Waals surface area contributed by atoms with Gasteiger partial charge in [-0.05, 0) is 23.4 Å². The smallest absolute Gasteiger partial charge is 0.201 e. The number of para-hydroxylation sites is 1. The summed E-state index contributed by atoms with van der Waals surface area (Å²) >= 11 is 3.44. The molecule has 2 heterocycles. The van der Waals surface area contributed by atoms with Crippen LogP contribution in [0.2, 0.25) is 0 Å². The van der Waals surface area contributed by atoms with Gasteiger partial charge >= 0.3 is 0 Å². The predicted octanol–water partition coefficient (Wildman–Crippen LogP) is 5.19. The molecule has 0 aliphatic heterocycles. The normalized spacial score (nSPS) is 11.4. The molecule has 5 nitrogen and oxygen atoms in total. The SMILES string of the molecule is Cn1c(O)c(-c2[nH]c3ccccc3c2N=O)c2ccc(Br)cc21. The Morgan fingerprint density at radius 2 is 1.96 bits per heavy atom. The molecular formula is C17H12BrN3O2. The van der Waals surface area contributed by atoms with E-state index in [4.69, 9.17) is 0 Å². The second-order valence-electron chi connectivity index (χ2n) is 5.40. The van der Waals surface area contributed by atoms with Gasteiger partial charge in [-0.1, -0.05) is 40.2 Å². The maximum Gasteiger partial charge on any atom is 0.201 e. The Hall–Kier alpha value is -2.60. The van der Waals surface area contributed by atoms with Gasteiger partial charge < -0.3 is 14.7 Å². The summed E-state index contributed by atoms with van der Waals surface area (Å²) in [7, 11) is 1.78. The first-order valence-corrected chi connectivity index (χ1v) is 7.82. The van der Waals surface area contributed by atoms with Crippen LogP contribution in [0.25, 0.3) is 33.1 Å². The molecule has 114 valence electrons. The van der Waals surface area contributed by atoms with Crippen molar-refractivity contribution in [1.29, 1.82) is 0 Å². The minimum atomic E-state index is 0.0922. The third kappa shape index (κ3) is 1.91. The van der Waals surface area contributed by atoms with Crippen molar-refractivity contribution in [2.75, 3.05) is 0 Å². The van der Waals surface area contributed by atoms with E-state index in [0.29, 0.717) is 16.9 Å². The summed E-state index contributed by atoms with van der Waals surface area (Å²) in [5.41, 5.74) is 3.10. The fourth-order valence-electron chi connectivity index (χ4n) is 3.05. The molecule has 6 heteroatoms. The minimum absolute atomic E-state index is 0.0922. The van der Waals surface area contributed by atoms with Gasteiger partial charge in [-0.3, -0.25) is 0 Å². The zero-order valence-corrected chi connectivity index (χ0v) is 13.8. The first-order valence-electron chi connectivity index (χ1n) is 7.03. The van der Waals surface area contributed by atoms with Crippen LogP contribution in [0.15, 0.2) is 52.1 Å². The van der Waals surface area contributed by atoms with Crippen LogP contribution in [-0.2, 0) is 7.05 Å². The summed E-state index contributed by atoms with van der Waals surface area (Å²) in [6, 6.07) is 13.2. The summed E-state index contributed by atoms with van der Waals surface area (Å²) in [6.45, 7) is 0. The molecule has 0 saturated heterocycles. The van der Waals surface area contributed by atoms with Gasteiger partial charge in [0.15, 0.2) is 0 Å². The Bertz CT molecular complexity index is 1080. The molecule has 23 heavy (non-hydrogen) atoms. The molecule has 0 amide bonds. The number of nitroso groups, excluding NO2 is 1. The lowest BCUT2D eigenvalue weighted by Crippen LogP contribution is -1.85. The molecule has 4 rings (SSSR count). The topological polar surface area (TPSA) is 70.4 Å². The van der Waals surface area contributed by atoms with Gasteiger partial charge in [-0.2, -0.15) is 0 Å². The molecular weight excluding hydrogens is 358 g/mol. The van der Waals surface area contributed by atoms with Gasteiger partial charge in [0, 0.05) is 27.8 Å². The number of nitrogens with zero attached hydrogens (tertiary/aromatic N) is 2. The lowest BCUT2D eigenvalue weighted by molar-refractivity contribution is 0.437. The van der Waals surface area contributed by atoms with Crippen LogP contribution in [-0.4, -0.2) is 14.7 Å². The number of hydrogen-bond acceptors (Lipinski definition) is 3. The molecule has 0 fully saturated rings. The summed E-state index contributed by atoms with van der Waals surface area (Å²) in [5.74, 6) is 0.0922. The highest BCUT2D eigenvalue weighted by molar-refractivity contribution is 9.10. The molecule has 0 spiro atoms. The van der Waals surface area contributed by atoms with E-state index in [1.165, 1.54) is 0 Å². The fraction of sp³-hybridized carbons (Fsp3) is 0.0588. The monoisotopic (exact) mass is 369 g/mol. The van der Waals surface area contributed by atoms with Crippen LogP contribution in [0, 0.1) is 4.91 Å². The molecule has 2 aromatic heterocycles. The zero-order chi connectivity index (χ0) is 16.1. The highest BCUT2D eigenvalue weighted by Gasteiger charge is 2.22. The molecule has 0 atom stereocenters. The molecule has 0 unspecified atom stereocenters. The van der Waals surface area contributed by atoms with Crippen molar-refractivity contribution < 1.29 is 5.11 Å². The van der Waals surface area contributed by atoms with Crippen molar-refractivity contribution in [2.24, 2.45) is 12.2 Å². The molecule has 0 aliphatic rings. The van der Waals surface area contributed by atoms with Crippen molar-refractivity contribution in [3.63, 3.8) is 0 Å². The lowest BCUT2D eigenvalue weighted by Gasteiger charge is -1.99. The number of benzene rings is 2. The second kappa shape index (κ2) is 4.96. The average molecular weight is 370 g/mol. The Morgan fingerprint density at radius 1 is 1.17 bits per heavy atom. The number of nitrogens with one attached hydrogen (secondary N) is 1. The highest BCUT2D eigenvalue weighted by Crippen LogP contribution is 2.45. The van der Waals surface area contributed by atoms with Crippen molar-refractivity contribution in [1.82, 2.24) is 9.55 Å². The molecule has 0 aliphatic carbocycles. The summed E-state index contributed by atoms with van der Waals surface area (Å²) < 4.78 is 2.61. The van der Waals surface area contributed by atoms with E-state index in [-0.39, 0.29) is 5.88 Å². The van der Waals surface area contributed by atoms with E-state index in [0.717, 1.165) is 26.3 Å². The number of aromatic nitrogens is 2. The second-order valence-corrected chi connectivity index (χ2v) is 6.32. The first kappa shape index (κ1) is 14.0. The predicted molar refractivity (Wildman–Crippen MR) is 95.0 cm³/mol. The van der Waals surface area contributed by atoms with E-state index in [2.05, 4.69) is 26.1 Å². The van der Waals surface area contributed by atoms with Crippen LogP contribution >= 0.6 is 15.9 Å². The number of H-pyrrole nitrogens is 1. The van der Waals surface area contributed by atoms with Gasteiger partial charge in [-0.15, -0.1) is 4.91 Å². The van der Waals surface area contributed by atoms with E-state index >= 15 is 0 Å². The Morgan fingerprint density at radius 3 is 2.74 bits per heavy atom. The molecule has 2 aromatic carbocycles. The van der Waals surface area contributed by atoms with Gasteiger partial charge in [0.2, 0.25) is 5.88 Å². The van der Waals surface area contributed by atoms with Crippen LogP contribution in [0.5, 0.6) is 5.88 Å². The van der Waals surface area contributed by atoms with Crippen LogP contribution < -0.4 is 0 Å². The molecule has 2 N–H and O–H groups in total. The van der Waals surface area contributed by atoms with E-state index in [1.54, 1.807) is 11.6 Å². The molecule has 0 saturated carbocycles. The quantitative estimate of drug-likeness (QED) is 0.477. The van der Waals surface area contributed by atoms with Gasteiger partial charge in [0.05, 0.1) is 16.8 Å². The molecule has 0 bridgehead atoms. The summed E-state index contributed by atoms with van der Waals surface area (Å²) in [5, 5.41) is 15.4. The van der Waals surface area contributed by atoms with Gasteiger partial charge in [0.25, 0.3) is 0 Å². The number of hydrogen-bond donors (Lipinski definition) is 2. The third-order valence-electron chi connectivity index (χ3n) is 4.15. The maximum absolute atomic E-state index is 11.4. The maximum atomic E-state index is 11.4. The van der Waals surface area contributed by atoms with E-state index < -0.39 is 0 Å². The molecule has 0 radical (unpaired) electrons. The number of halogens is 1.